The minimum atomic E-state index is -0.515. The Morgan fingerprint density at radius 2 is 2.11 bits per heavy atom. The highest BCUT2D eigenvalue weighted by Gasteiger charge is 2.16. The summed E-state index contributed by atoms with van der Waals surface area (Å²) in [5.41, 5.74) is 1.68. The molecular weight excluding hydrogens is 248 g/mol. The Kier molecular flexibility index (Phi) is 3.61. The molecule has 2 aromatic rings. The fraction of sp³-hybridized carbons (Fsp3) is 0.154. The van der Waals surface area contributed by atoms with E-state index in [4.69, 9.17) is 0 Å². The number of benzene rings is 1. The molecule has 0 aliphatic carbocycles. The van der Waals surface area contributed by atoms with E-state index in [9.17, 15) is 9.59 Å². The maximum Gasteiger partial charge on any atom is 0.339 e. The number of aromatic nitrogens is 1. The van der Waals surface area contributed by atoms with Gasteiger partial charge in [0.1, 0.15) is 6.26 Å². The van der Waals surface area contributed by atoms with Crippen molar-refractivity contribution in [2.45, 2.75) is 6.92 Å². The van der Waals surface area contributed by atoms with Crippen LogP contribution in [0, 0.1) is 6.92 Å². The van der Waals surface area contributed by atoms with Gasteiger partial charge in [0.15, 0.2) is 5.69 Å². The number of methoxy groups -OCH3 is 1. The number of rotatable bonds is 3. The Morgan fingerprint density at radius 1 is 1.32 bits per heavy atom. The zero-order valence-electron chi connectivity index (χ0n) is 10.5. The van der Waals surface area contributed by atoms with Crippen LogP contribution in [-0.4, -0.2) is 24.1 Å². The Balaban J connectivity index is 2.29. The summed E-state index contributed by atoms with van der Waals surface area (Å²) in [7, 11) is 1.29. The molecule has 0 saturated heterocycles. The van der Waals surface area contributed by atoms with E-state index in [1.165, 1.54) is 19.4 Å². The summed E-state index contributed by atoms with van der Waals surface area (Å²) < 4.78 is 9.27. The Hall–Kier alpha value is -2.63. The number of hydrogen-bond donors (Lipinski definition) is 1. The van der Waals surface area contributed by atoms with Gasteiger partial charge in [-0.2, -0.15) is 0 Å². The van der Waals surface area contributed by atoms with Gasteiger partial charge in [-0.05, 0) is 19.1 Å². The van der Waals surface area contributed by atoms with Crippen LogP contribution in [0.1, 0.15) is 26.4 Å². The maximum atomic E-state index is 11.8. The first-order valence-electron chi connectivity index (χ1n) is 5.52. The number of aryl methyl sites for hydroxylation is 1. The van der Waals surface area contributed by atoms with Crippen molar-refractivity contribution in [3.05, 3.63) is 47.3 Å². The van der Waals surface area contributed by atoms with E-state index in [0.29, 0.717) is 11.3 Å². The monoisotopic (exact) mass is 260 g/mol. The van der Waals surface area contributed by atoms with Crippen LogP contribution >= 0.6 is 0 Å². The number of ether oxygens (including phenoxy) is 1. The Labute approximate surface area is 109 Å². The summed E-state index contributed by atoms with van der Waals surface area (Å²) in [6.45, 7) is 1.84. The zero-order chi connectivity index (χ0) is 13.8. The normalized spacial score (nSPS) is 10.0. The second kappa shape index (κ2) is 5.34. The van der Waals surface area contributed by atoms with Crippen molar-refractivity contribution < 1.29 is 18.8 Å². The van der Waals surface area contributed by atoms with Crippen molar-refractivity contribution in [1.82, 2.24) is 5.16 Å². The molecule has 1 heterocycles. The number of nitrogens with one attached hydrogen (secondary N) is 1. The van der Waals surface area contributed by atoms with Gasteiger partial charge in [0.2, 0.25) is 0 Å². The first-order chi connectivity index (χ1) is 9.11. The lowest BCUT2D eigenvalue weighted by molar-refractivity contribution is 0.0602. The third-order valence-corrected chi connectivity index (χ3v) is 2.50. The average Bonchev–Trinajstić information content (AvgIpc) is 2.94. The van der Waals surface area contributed by atoms with Gasteiger partial charge in [0, 0.05) is 6.07 Å². The lowest BCUT2D eigenvalue weighted by Crippen LogP contribution is -2.15. The molecule has 6 heteroatoms. The average molecular weight is 260 g/mol. The molecule has 0 spiro atoms. The second-order valence-electron chi connectivity index (χ2n) is 3.88. The van der Waals surface area contributed by atoms with Gasteiger partial charge < -0.3 is 14.6 Å². The molecule has 19 heavy (non-hydrogen) atoms. The van der Waals surface area contributed by atoms with Crippen molar-refractivity contribution >= 4 is 17.6 Å². The molecule has 98 valence electrons. The fourth-order valence-electron chi connectivity index (χ4n) is 1.56. The van der Waals surface area contributed by atoms with E-state index >= 15 is 0 Å². The summed E-state index contributed by atoms with van der Waals surface area (Å²) in [6.07, 6.45) is 1.30. The third kappa shape index (κ3) is 2.79. The molecule has 0 saturated carbocycles. The number of carbonyl (C=O) groups excluding carboxylic acids is 2. The van der Waals surface area contributed by atoms with Crippen molar-refractivity contribution in [2.75, 3.05) is 12.4 Å². The number of carbonyl (C=O) groups is 2. The summed E-state index contributed by atoms with van der Waals surface area (Å²) in [5.74, 6) is -0.970. The number of nitrogens with zero attached hydrogens (tertiary/aromatic N) is 1. The molecule has 6 nitrogen and oxygen atoms in total. The molecule has 1 amide bonds. The van der Waals surface area contributed by atoms with E-state index in [1.807, 2.05) is 6.92 Å². The van der Waals surface area contributed by atoms with Crippen LogP contribution in [0.2, 0.25) is 0 Å². The van der Waals surface area contributed by atoms with Crippen LogP contribution in [-0.2, 0) is 4.74 Å². The van der Waals surface area contributed by atoms with Gasteiger partial charge in [-0.3, -0.25) is 4.79 Å². The standard InChI is InChI=1S/C13H12N2O4/c1-8-3-4-10(9(7-8)13(17)18-2)14-12(16)11-5-6-19-15-11/h3-7H,1-2H3,(H,14,16). The largest absolute Gasteiger partial charge is 0.465 e. The van der Waals surface area contributed by atoms with E-state index in [1.54, 1.807) is 18.2 Å². The highest BCUT2D eigenvalue weighted by Crippen LogP contribution is 2.19. The molecule has 0 fully saturated rings. The molecule has 0 aliphatic rings. The first-order valence-corrected chi connectivity index (χ1v) is 5.52. The summed E-state index contributed by atoms with van der Waals surface area (Å²) >= 11 is 0. The van der Waals surface area contributed by atoms with Crippen LogP contribution < -0.4 is 5.32 Å². The van der Waals surface area contributed by atoms with Gasteiger partial charge in [0.05, 0.1) is 18.4 Å². The quantitative estimate of drug-likeness (QED) is 0.854. The van der Waals surface area contributed by atoms with Crippen LogP contribution in [0.5, 0.6) is 0 Å². The van der Waals surface area contributed by atoms with Crippen molar-refractivity contribution in [2.24, 2.45) is 0 Å². The van der Waals surface area contributed by atoms with Gasteiger partial charge in [0.25, 0.3) is 5.91 Å². The molecule has 0 aliphatic heterocycles. The predicted molar refractivity (Wildman–Crippen MR) is 67.0 cm³/mol. The zero-order valence-corrected chi connectivity index (χ0v) is 10.5. The smallest absolute Gasteiger partial charge is 0.339 e. The number of esters is 1. The van der Waals surface area contributed by atoms with Gasteiger partial charge in [-0.25, -0.2) is 4.79 Å². The molecule has 1 aromatic carbocycles. The van der Waals surface area contributed by atoms with Crippen LogP contribution in [0.25, 0.3) is 0 Å². The molecule has 1 aromatic heterocycles. The molecule has 1 N–H and O–H groups in total. The number of amides is 1. The lowest BCUT2D eigenvalue weighted by atomic mass is 10.1. The van der Waals surface area contributed by atoms with E-state index in [0.717, 1.165) is 5.56 Å². The highest BCUT2D eigenvalue weighted by atomic mass is 16.5. The number of anilines is 1. The first kappa shape index (κ1) is 12.8. The van der Waals surface area contributed by atoms with Gasteiger partial charge in [-0.15, -0.1) is 0 Å². The number of hydrogen-bond acceptors (Lipinski definition) is 5. The van der Waals surface area contributed by atoms with Gasteiger partial charge >= 0.3 is 5.97 Å². The van der Waals surface area contributed by atoms with Gasteiger partial charge in [-0.1, -0.05) is 16.8 Å². The van der Waals surface area contributed by atoms with E-state index in [-0.39, 0.29) is 5.69 Å². The fourth-order valence-corrected chi connectivity index (χ4v) is 1.56. The molecule has 0 atom stereocenters. The van der Waals surface area contributed by atoms with Crippen molar-refractivity contribution in [1.29, 1.82) is 0 Å². The summed E-state index contributed by atoms with van der Waals surface area (Å²) in [4.78, 5) is 23.5. The Morgan fingerprint density at radius 3 is 2.74 bits per heavy atom. The molecule has 2 rings (SSSR count). The van der Waals surface area contributed by atoms with Crippen LogP contribution in [0.3, 0.4) is 0 Å². The van der Waals surface area contributed by atoms with Crippen LogP contribution in [0.4, 0.5) is 5.69 Å². The minimum Gasteiger partial charge on any atom is -0.465 e. The topological polar surface area (TPSA) is 81.4 Å². The summed E-state index contributed by atoms with van der Waals surface area (Å²) in [6, 6.07) is 6.50. The maximum absolute atomic E-state index is 11.8. The second-order valence-corrected chi connectivity index (χ2v) is 3.88. The third-order valence-electron chi connectivity index (χ3n) is 2.50. The highest BCUT2D eigenvalue weighted by molar-refractivity contribution is 6.07. The van der Waals surface area contributed by atoms with E-state index < -0.39 is 11.9 Å². The van der Waals surface area contributed by atoms with Crippen molar-refractivity contribution in [3.8, 4) is 0 Å². The van der Waals surface area contributed by atoms with Crippen LogP contribution in [0.15, 0.2) is 35.1 Å². The molecule has 0 bridgehead atoms. The Bertz CT molecular complexity index is 605. The predicted octanol–water partition coefficient (Wildman–Crippen LogP) is 2.02. The SMILES string of the molecule is COC(=O)c1cc(C)ccc1NC(=O)c1ccon1. The molecular formula is C13H12N2O4. The van der Waals surface area contributed by atoms with E-state index in [2.05, 4.69) is 19.7 Å². The molecule has 0 radical (unpaired) electrons. The summed E-state index contributed by atoms with van der Waals surface area (Å²) in [5, 5.41) is 6.11. The lowest BCUT2D eigenvalue weighted by Gasteiger charge is -2.09. The minimum absolute atomic E-state index is 0.136. The molecule has 0 unspecified atom stereocenters. The van der Waals surface area contributed by atoms with Crippen molar-refractivity contribution in [3.63, 3.8) is 0 Å².